The highest BCUT2D eigenvalue weighted by Gasteiger charge is 2.40. The molecule has 0 fully saturated rings. The standard InChI is InChI=1S/C15H10F3N3O/c1-9(22)11-8-20-21(14(11)15(16,17)18)13-4-2-3-10-5-6-19-7-12(10)13/h2-8H,1H3. The van der Waals surface area contributed by atoms with Crippen LogP contribution in [0.2, 0.25) is 0 Å². The van der Waals surface area contributed by atoms with E-state index in [2.05, 4.69) is 10.1 Å². The van der Waals surface area contributed by atoms with Crippen molar-refractivity contribution in [3.8, 4) is 5.69 Å². The number of carbonyl (C=O) groups excluding carboxylic acids is 1. The number of benzene rings is 1. The molecule has 0 atom stereocenters. The average molecular weight is 305 g/mol. The minimum absolute atomic E-state index is 0.227. The lowest BCUT2D eigenvalue weighted by atomic mass is 10.1. The molecular formula is C15H10F3N3O. The maximum Gasteiger partial charge on any atom is 0.434 e. The fraction of sp³-hybridized carbons (Fsp3) is 0.133. The van der Waals surface area contributed by atoms with Gasteiger partial charge in [-0.1, -0.05) is 12.1 Å². The first-order chi connectivity index (χ1) is 10.4. The zero-order chi connectivity index (χ0) is 15.9. The number of pyridine rings is 1. The lowest BCUT2D eigenvalue weighted by Crippen LogP contribution is -2.17. The molecule has 112 valence electrons. The Morgan fingerprint density at radius 1 is 1.18 bits per heavy atom. The van der Waals surface area contributed by atoms with Gasteiger partial charge in [0.05, 0.1) is 17.4 Å². The van der Waals surface area contributed by atoms with Crippen LogP contribution < -0.4 is 0 Å². The van der Waals surface area contributed by atoms with Crippen molar-refractivity contribution in [2.45, 2.75) is 13.1 Å². The Bertz CT molecular complexity index is 863. The first kappa shape index (κ1) is 14.2. The minimum atomic E-state index is -4.69. The smallest absolute Gasteiger partial charge is 0.294 e. The molecule has 7 heteroatoms. The van der Waals surface area contributed by atoms with Gasteiger partial charge in [0.1, 0.15) is 0 Å². The summed E-state index contributed by atoms with van der Waals surface area (Å²) in [5.74, 6) is -0.683. The number of hydrogen-bond acceptors (Lipinski definition) is 3. The topological polar surface area (TPSA) is 47.8 Å². The lowest BCUT2D eigenvalue weighted by molar-refractivity contribution is -0.143. The summed E-state index contributed by atoms with van der Waals surface area (Å²) >= 11 is 0. The molecule has 0 bridgehead atoms. The van der Waals surface area contributed by atoms with Crippen LogP contribution in [0.25, 0.3) is 16.5 Å². The lowest BCUT2D eigenvalue weighted by Gasteiger charge is -2.13. The summed E-state index contributed by atoms with van der Waals surface area (Å²) in [6.07, 6.45) is -0.719. The number of ketones is 1. The first-order valence-electron chi connectivity index (χ1n) is 6.39. The van der Waals surface area contributed by atoms with Gasteiger partial charge in [-0.25, -0.2) is 4.68 Å². The number of halogens is 3. The van der Waals surface area contributed by atoms with Gasteiger partial charge in [0.2, 0.25) is 0 Å². The number of nitrogens with zero attached hydrogens (tertiary/aromatic N) is 3. The van der Waals surface area contributed by atoms with E-state index in [-0.39, 0.29) is 5.69 Å². The predicted molar refractivity (Wildman–Crippen MR) is 73.9 cm³/mol. The van der Waals surface area contributed by atoms with Crippen LogP contribution in [0.4, 0.5) is 13.2 Å². The van der Waals surface area contributed by atoms with Crippen molar-refractivity contribution < 1.29 is 18.0 Å². The highest BCUT2D eigenvalue weighted by atomic mass is 19.4. The number of aromatic nitrogens is 3. The summed E-state index contributed by atoms with van der Waals surface area (Å²) < 4.78 is 40.8. The van der Waals surface area contributed by atoms with E-state index in [0.29, 0.717) is 5.39 Å². The van der Waals surface area contributed by atoms with Gasteiger partial charge in [0.25, 0.3) is 0 Å². The van der Waals surface area contributed by atoms with E-state index in [0.717, 1.165) is 23.2 Å². The highest BCUT2D eigenvalue weighted by Crippen LogP contribution is 2.35. The number of hydrogen-bond donors (Lipinski definition) is 0. The summed E-state index contributed by atoms with van der Waals surface area (Å²) in [5, 5.41) is 5.03. The van der Waals surface area contributed by atoms with Crippen LogP contribution >= 0.6 is 0 Å². The van der Waals surface area contributed by atoms with Crippen LogP contribution in [0, 0.1) is 0 Å². The zero-order valence-corrected chi connectivity index (χ0v) is 11.4. The maximum absolute atomic E-state index is 13.4. The second-order valence-corrected chi connectivity index (χ2v) is 4.75. The molecule has 0 saturated carbocycles. The molecule has 0 amide bonds. The van der Waals surface area contributed by atoms with Crippen molar-refractivity contribution in [3.05, 3.63) is 54.1 Å². The third-order valence-corrected chi connectivity index (χ3v) is 3.31. The highest BCUT2D eigenvalue weighted by molar-refractivity contribution is 5.96. The minimum Gasteiger partial charge on any atom is -0.294 e. The molecule has 0 saturated heterocycles. The molecule has 2 heterocycles. The van der Waals surface area contributed by atoms with E-state index >= 15 is 0 Å². The molecule has 0 N–H and O–H groups in total. The molecular weight excluding hydrogens is 295 g/mol. The van der Waals surface area contributed by atoms with Gasteiger partial charge in [0.15, 0.2) is 11.5 Å². The molecule has 4 nitrogen and oxygen atoms in total. The molecule has 0 aliphatic carbocycles. The zero-order valence-electron chi connectivity index (χ0n) is 11.4. The monoisotopic (exact) mass is 305 g/mol. The third kappa shape index (κ3) is 2.24. The van der Waals surface area contributed by atoms with Crippen molar-refractivity contribution in [1.82, 2.24) is 14.8 Å². The molecule has 3 rings (SSSR count). The number of Topliss-reactive ketones (excluding diaryl/α,β-unsaturated/α-hetero) is 1. The molecule has 3 aromatic rings. The molecule has 0 unspecified atom stereocenters. The summed E-state index contributed by atoms with van der Waals surface area (Å²) in [6.45, 7) is 1.08. The van der Waals surface area contributed by atoms with E-state index in [1.165, 1.54) is 12.3 Å². The average Bonchev–Trinajstić information content (AvgIpc) is 2.91. The molecule has 0 spiro atoms. The Kier molecular flexibility index (Phi) is 3.20. The van der Waals surface area contributed by atoms with Gasteiger partial charge in [-0.15, -0.1) is 0 Å². The summed E-state index contributed by atoms with van der Waals surface area (Å²) in [6, 6.07) is 6.60. The van der Waals surface area contributed by atoms with E-state index in [9.17, 15) is 18.0 Å². The third-order valence-electron chi connectivity index (χ3n) is 3.31. The normalized spacial score (nSPS) is 11.8. The van der Waals surface area contributed by atoms with Crippen LogP contribution in [-0.2, 0) is 6.18 Å². The molecule has 1 aromatic carbocycles. The molecule has 0 radical (unpaired) electrons. The van der Waals surface area contributed by atoms with Gasteiger partial charge in [-0.3, -0.25) is 9.78 Å². The fourth-order valence-electron chi connectivity index (χ4n) is 2.34. The van der Waals surface area contributed by atoms with Gasteiger partial charge in [-0.2, -0.15) is 18.3 Å². The summed E-state index contributed by atoms with van der Waals surface area (Å²) in [5.41, 5.74) is -1.30. The molecule has 0 aliphatic heterocycles. The largest absolute Gasteiger partial charge is 0.434 e. The second-order valence-electron chi connectivity index (χ2n) is 4.75. The Morgan fingerprint density at radius 2 is 1.95 bits per heavy atom. The van der Waals surface area contributed by atoms with E-state index in [1.807, 2.05) is 0 Å². The van der Waals surface area contributed by atoms with Crippen LogP contribution in [0.3, 0.4) is 0 Å². The van der Waals surface area contributed by atoms with E-state index in [1.54, 1.807) is 24.4 Å². The van der Waals surface area contributed by atoms with Crippen molar-refractivity contribution in [2.24, 2.45) is 0 Å². The fourth-order valence-corrected chi connectivity index (χ4v) is 2.34. The van der Waals surface area contributed by atoms with Crippen LogP contribution in [-0.4, -0.2) is 20.5 Å². The van der Waals surface area contributed by atoms with E-state index < -0.39 is 23.2 Å². The number of carbonyl (C=O) groups is 1. The number of alkyl halides is 3. The Hall–Kier alpha value is -2.70. The van der Waals surface area contributed by atoms with Crippen molar-refractivity contribution in [3.63, 3.8) is 0 Å². The summed E-state index contributed by atoms with van der Waals surface area (Å²) in [4.78, 5) is 15.4. The van der Waals surface area contributed by atoms with Gasteiger partial charge in [0, 0.05) is 17.8 Å². The Balaban J connectivity index is 2.35. The second kappa shape index (κ2) is 4.94. The van der Waals surface area contributed by atoms with Gasteiger partial charge < -0.3 is 0 Å². The van der Waals surface area contributed by atoms with Crippen molar-refractivity contribution >= 4 is 16.6 Å². The van der Waals surface area contributed by atoms with Crippen LogP contribution in [0.5, 0.6) is 0 Å². The predicted octanol–water partition coefficient (Wildman–Crippen LogP) is 3.64. The maximum atomic E-state index is 13.4. The number of fused-ring (bicyclic) bond motifs is 1. The first-order valence-corrected chi connectivity index (χ1v) is 6.39. The SMILES string of the molecule is CC(=O)c1cnn(-c2cccc3ccncc23)c1C(F)(F)F. The van der Waals surface area contributed by atoms with Crippen molar-refractivity contribution in [1.29, 1.82) is 0 Å². The molecule has 0 aliphatic rings. The van der Waals surface area contributed by atoms with Crippen molar-refractivity contribution in [2.75, 3.05) is 0 Å². The molecule has 2 aromatic heterocycles. The van der Waals surface area contributed by atoms with Crippen LogP contribution in [0.1, 0.15) is 23.0 Å². The van der Waals surface area contributed by atoms with Gasteiger partial charge in [-0.05, 0) is 24.4 Å². The summed E-state index contributed by atoms with van der Waals surface area (Å²) in [7, 11) is 0. The number of rotatable bonds is 2. The van der Waals surface area contributed by atoms with Crippen LogP contribution in [0.15, 0.2) is 42.9 Å². The Labute approximate surface area is 123 Å². The quantitative estimate of drug-likeness (QED) is 0.679. The van der Waals surface area contributed by atoms with E-state index in [4.69, 9.17) is 0 Å². The molecule has 22 heavy (non-hydrogen) atoms. The van der Waals surface area contributed by atoms with Gasteiger partial charge >= 0.3 is 6.18 Å². The Morgan fingerprint density at radius 3 is 2.64 bits per heavy atom.